The first-order valence-corrected chi connectivity index (χ1v) is 6.16. The topological polar surface area (TPSA) is 29.5 Å². The quantitative estimate of drug-likeness (QED) is 0.736. The Balaban J connectivity index is 0. The largest absolute Gasteiger partial charge is 0.444 e. The van der Waals surface area contributed by atoms with Crippen molar-refractivity contribution in [1.82, 2.24) is 4.90 Å². The molecule has 0 aromatic heterocycles. The van der Waals surface area contributed by atoms with E-state index in [0.29, 0.717) is 5.92 Å². The van der Waals surface area contributed by atoms with Gasteiger partial charge in [0, 0.05) is 13.6 Å². The van der Waals surface area contributed by atoms with E-state index in [9.17, 15) is 4.79 Å². The maximum absolute atomic E-state index is 11.5. The molecule has 3 heteroatoms. The Morgan fingerprint density at radius 2 is 1.69 bits per heavy atom. The SMILES string of the molecule is CC.CC(C)CCN(C)C(=O)OC(C)(C)C. The van der Waals surface area contributed by atoms with E-state index in [1.54, 1.807) is 11.9 Å². The molecule has 1 amide bonds. The summed E-state index contributed by atoms with van der Waals surface area (Å²) in [5, 5.41) is 0. The van der Waals surface area contributed by atoms with E-state index in [4.69, 9.17) is 4.74 Å². The lowest BCUT2D eigenvalue weighted by Crippen LogP contribution is -2.35. The highest BCUT2D eigenvalue weighted by Gasteiger charge is 2.19. The van der Waals surface area contributed by atoms with Crippen LogP contribution in [0.25, 0.3) is 0 Å². The number of hydrogen-bond acceptors (Lipinski definition) is 2. The van der Waals surface area contributed by atoms with Gasteiger partial charge < -0.3 is 9.64 Å². The minimum absolute atomic E-state index is 0.238. The third-order valence-corrected chi connectivity index (χ3v) is 1.75. The monoisotopic (exact) mass is 231 g/mol. The average molecular weight is 231 g/mol. The predicted molar refractivity (Wildman–Crippen MR) is 69.7 cm³/mol. The van der Waals surface area contributed by atoms with E-state index in [1.165, 1.54) is 0 Å². The van der Waals surface area contributed by atoms with Crippen molar-refractivity contribution < 1.29 is 9.53 Å². The Labute approximate surface area is 101 Å². The first-order chi connectivity index (χ1) is 7.22. The molecule has 0 spiro atoms. The molecule has 98 valence electrons. The number of carbonyl (C=O) groups is 1. The number of amides is 1. The van der Waals surface area contributed by atoms with Crippen LogP contribution in [-0.2, 0) is 4.74 Å². The van der Waals surface area contributed by atoms with Crippen LogP contribution in [0.4, 0.5) is 4.79 Å². The normalized spacial score (nSPS) is 10.6. The Morgan fingerprint density at radius 3 is 2.00 bits per heavy atom. The van der Waals surface area contributed by atoms with Crippen LogP contribution in [0.15, 0.2) is 0 Å². The summed E-state index contributed by atoms with van der Waals surface area (Å²) in [7, 11) is 1.77. The molecule has 0 aliphatic heterocycles. The molecule has 0 saturated carbocycles. The lowest BCUT2D eigenvalue weighted by Gasteiger charge is -2.25. The molecule has 0 unspecified atom stereocenters. The number of rotatable bonds is 3. The molecule has 0 aliphatic carbocycles. The van der Waals surface area contributed by atoms with Gasteiger partial charge in [-0.2, -0.15) is 0 Å². The Morgan fingerprint density at radius 1 is 1.25 bits per heavy atom. The van der Waals surface area contributed by atoms with Gasteiger partial charge in [0.1, 0.15) is 5.60 Å². The summed E-state index contributed by atoms with van der Waals surface area (Å²) in [4.78, 5) is 13.1. The Bertz CT molecular complexity index is 183. The van der Waals surface area contributed by atoms with Gasteiger partial charge in [0.25, 0.3) is 0 Å². The van der Waals surface area contributed by atoms with Gasteiger partial charge in [-0.05, 0) is 33.1 Å². The molecule has 0 radical (unpaired) electrons. The van der Waals surface area contributed by atoms with Crippen molar-refractivity contribution in [2.75, 3.05) is 13.6 Å². The third kappa shape index (κ3) is 11.3. The summed E-state index contributed by atoms with van der Waals surface area (Å²) >= 11 is 0. The van der Waals surface area contributed by atoms with Gasteiger partial charge in [0.15, 0.2) is 0 Å². The summed E-state index contributed by atoms with van der Waals surface area (Å²) in [6.45, 7) is 14.7. The number of nitrogens with zero attached hydrogens (tertiary/aromatic N) is 1. The maximum Gasteiger partial charge on any atom is 0.410 e. The summed E-state index contributed by atoms with van der Waals surface area (Å²) in [6.07, 6.45) is 0.772. The van der Waals surface area contributed by atoms with E-state index in [0.717, 1.165) is 13.0 Å². The molecule has 16 heavy (non-hydrogen) atoms. The van der Waals surface area contributed by atoms with E-state index in [-0.39, 0.29) is 6.09 Å². The summed E-state index contributed by atoms with van der Waals surface area (Å²) in [5.74, 6) is 0.611. The zero-order chi connectivity index (χ0) is 13.4. The second-order valence-electron chi connectivity index (χ2n) is 5.08. The van der Waals surface area contributed by atoms with Gasteiger partial charge >= 0.3 is 6.09 Å². The molecule has 0 aromatic carbocycles. The van der Waals surface area contributed by atoms with E-state index >= 15 is 0 Å². The van der Waals surface area contributed by atoms with Crippen LogP contribution >= 0.6 is 0 Å². The fraction of sp³-hybridized carbons (Fsp3) is 0.923. The highest BCUT2D eigenvalue weighted by molar-refractivity contribution is 5.67. The fourth-order valence-corrected chi connectivity index (χ4v) is 0.883. The number of hydrogen-bond donors (Lipinski definition) is 0. The second-order valence-corrected chi connectivity index (χ2v) is 5.08. The van der Waals surface area contributed by atoms with Crippen molar-refractivity contribution in [1.29, 1.82) is 0 Å². The zero-order valence-corrected chi connectivity index (χ0v) is 12.3. The van der Waals surface area contributed by atoms with Crippen LogP contribution in [0.5, 0.6) is 0 Å². The van der Waals surface area contributed by atoms with Crippen LogP contribution in [0.1, 0.15) is 54.9 Å². The summed E-state index contributed by atoms with van der Waals surface area (Å²) in [5.41, 5.74) is -0.400. The minimum Gasteiger partial charge on any atom is -0.444 e. The molecule has 0 aliphatic rings. The zero-order valence-electron chi connectivity index (χ0n) is 12.3. The highest BCUT2D eigenvalue weighted by Crippen LogP contribution is 2.10. The van der Waals surface area contributed by atoms with Crippen molar-refractivity contribution in [3.8, 4) is 0 Å². The predicted octanol–water partition coefficient (Wildman–Crippen LogP) is 3.93. The lowest BCUT2D eigenvalue weighted by atomic mass is 10.1. The van der Waals surface area contributed by atoms with Gasteiger partial charge in [0.05, 0.1) is 0 Å². The highest BCUT2D eigenvalue weighted by atomic mass is 16.6. The van der Waals surface area contributed by atoms with E-state index in [2.05, 4.69) is 13.8 Å². The molecule has 0 heterocycles. The van der Waals surface area contributed by atoms with Gasteiger partial charge in [-0.1, -0.05) is 27.7 Å². The summed E-state index contributed by atoms with van der Waals surface area (Å²) < 4.78 is 5.22. The number of carbonyl (C=O) groups excluding carboxylic acids is 1. The molecule has 0 aromatic rings. The van der Waals surface area contributed by atoms with Gasteiger partial charge in [-0.3, -0.25) is 0 Å². The van der Waals surface area contributed by atoms with Gasteiger partial charge in [0.2, 0.25) is 0 Å². The molecule has 0 fully saturated rings. The van der Waals surface area contributed by atoms with E-state index < -0.39 is 5.60 Å². The smallest absolute Gasteiger partial charge is 0.410 e. The van der Waals surface area contributed by atoms with Crippen LogP contribution in [0.3, 0.4) is 0 Å². The van der Waals surface area contributed by atoms with Gasteiger partial charge in [-0.25, -0.2) is 4.79 Å². The van der Waals surface area contributed by atoms with Crippen LogP contribution < -0.4 is 0 Å². The van der Waals surface area contributed by atoms with Crippen molar-refractivity contribution in [2.24, 2.45) is 5.92 Å². The molecule has 0 rings (SSSR count). The Kier molecular flexibility index (Phi) is 9.30. The standard InChI is InChI=1S/C11H23NO2.C2H6/c1-9(2)7-8-12(6)10(13)14-11(3,4)5;1-2/h9H,7-8H2,1-6H3;1-2H3. The molecule has 0 bridgehead atoms. The van der Waals surface area contributed by atoms with E-state index in [1.807, 2.05) is 34.6 Å². The average Bonchev–Trinajstić information content (AvgIpc) is 2.14. The molecule has 0 atom stereocenters. The minimum atomic E-state index is -0.400. The van der Waals surface area contributed by atoms with Crippen molar-refractivity contribution >= 4 is 6.09 Å². The molecule has 0 saturated heterocycles. The molecule has 3 nitrogen and oxygen atoms in total. The van der Waals surface area contributed by atoms with Crippen molar-refractivity contribution in [2.45, 2.75) is 60.5 Å². The maximum atomic E-state index is 11.5. The fourth-order valence-electron chi connectivity index (χ4n) is 0.883. The first kappa shape index (κ1) is 17.7. The van der Waals surface area contributed by atoms with Crippen LogP contribution in [0.2, 0.25) is 0 Å². The molecular weight excluding hydrogens is 202 g/mol. The van der Waals surface area contributed by atoms with Gasteiger partial charge in [-0.15, -0.1) is 0 Å². The van der Waals surface area contributed by atoms with Crippen LogP contribution in [0, 0.1) is 5.92 Å². The second kappa shape index (κ2) is 8.43. The Hall–Kier alpha value is -0.730. The lowest BCUT2D eigenvalue weighted by molar-refractivity contribution is 0.0292. The summed E-state index contributed by atoms with van der Waals surface area (Å²) in [6, 6.07) is 0. The van der Waals surface area contributed by atoms with Crippen molar-refractivity contribution in [3.05, 3.63) is 0 Å². The third-order valence-electron chi connectivity index (χ3n) is 1.75. The molecular formula is C13H29NO2. The van der Waals surface area contributed by atoms with Crippen molar-refractivity contribution in [3.63, 3.8) is 0 Å². The number of ether oxygens (including phenoxy) is 1. The molecule has 0 N–H and O–H groups in total. The van der Waals surface area contributed by atoms with Crippen LogP contribution in [-0.4, -0.2) is 30.2 Å². The first-order valence-electron chi connectivity index (χ1n) is 6.16.